The second kappa shape index (κ2) is 5.92. The van der Waals surface area contributed by atoms with Crippen molar-refractivity contribution >= 4 is 23.8 Å². The average Bonchev–Trinajstić information content (AvgIpc) is 2.40. The Balaban J connectivity index is 1.99. The van der Waals surface area contributed by atoms with Crippen LogP contribution in [-0.4, -0.2) is 16.1 Å². The van der Waals surface area contributed by atoms with E-state index < -0.39 is 4.92 Å². The highest BCUT2D eigenvalue weighted by atomic mass is 32.2. The maximum Gasteiger partial charge on any atom is 0.269 e. The summed E-state index contributed by atoms with van der Waals surface area (Å²) in [5, 5.41) is 11.3. The topological polar surface area (TPSA) is 68.4 Å². The first-order chi connectivity index (χ1) is 8.75. The van der Waals surface area contributed by atoms with Gasteiger partial charge in [-0.2, -0.15) is 0 Å². The van der Waals surface area contributed by atoms with Crippen LogP contribution in [0, 0.1) is 10.1 Å². The molecule has 2 aromatic rings. The number of hydrogen-bond acceptors (Lipinski definition) is 5. The number of non-ortho nitro benzene ring substituents is 1. The van der Waals surface area contributed by atoms with Crippen LogP contribution in [-0.2, 0) is 0 Å². The molecule has 0 bridgehead atoms. The summed E-state index contributed by atoms with van der Waals surface area (Å²) < 4.78 is 4.15. The third-order valence-electron chi connectivity index (χ3n) is 2.09. The molecular weight excluding hydrogens is 250 g/mol. The van der Waals surface area contributed by atoms with Crippen LogP contribution in [0.2, 0.25) is 0 Å². The van der Waals surface area contributed by atoms with Crippen LogP contribution in [0.4, 0.5) is 5.69 Å². The first kappa shape index (κ1) is 12.3. The summed E-state index contributed by atoms with van der Waals surface area (Å²) in [4.78, 5) is 14.2. The van der Waals surface area contributed by atoms with E-state index in [1.54, 1.807) is 24.5 Å². The molecule has 0 N–H and O–H groups in total. The standard InChI is InChI=1S/C12H9N3O2S/c16-15(17)11-6-4-10(5-7-11)9-14-18-12-3-1-2-8-13-12/h1-9H/b14-9+. The molecule has 0 unspecified atom stereocenters. The van der Waals surface area contributed by atoms with Crippen molar-refractivity contribution < 1.29 is 4.92 Å². The number of nitro groups is 1. The number of rotatable bonds is 4. The van der Waals surface area contributed by atoms with Gasteiger partial charge in [0, 0.05) is 36.5 Å². The lowest BCUT2D eigenvalue weighted by Crippen LogP contribution is -1.88. The minimum atomic E-state index is -0.427. The molecule has 0 radical (unpaired) electrons. The van der Waals surface area contributed by atoms with Crippen molar-refractivity contribution in [1.29, 1.82) is 0 Å². The Kier molecular flexibility index (Phi) is 4.03. The molecule has 1 aromatic carbocycles. The average molecular weight is 259 g/mol. The zero-order valence-electron chi connectivity index (χ0n) is 9.26. The largest absolute Gasteiger partial charge is 0.269 e. The molecule has 0 atom stereocenters. The normalized spacial score (nSPS) is 10.7. The Morgan fingerprint density at radius 2 is 2.00 bits per heavy atom. The zero-order chi connectivity index (χ0) is 12.8. The molecular formula is C12H9N3O2S. The fraction of sp³-hybridized carbons (Fsp3) is 0. The Morgan fingerprint density at radius 3 is 2.61 bits per heavy atom. The van der Waals surface area contributed by atoms with Crippen molar-refractivity contribution in [3.8, 4) is 0 Å². The van der Waals surface area contributed by atoms with Crippen molar-refractivity contribution in [3.63, 3.8) is 0 Å². The Bertz CT molecular complexity index is 555. The molecule has 6 heteroatoms. The summed E-state index contributed by atoms with van der Waals surface area (Å²) in [6, 6.07) is 11.8. The molecule has 18 heavy (non-hydrogen) atoms. The quantitative estimate of drug-likeness (QED) is 0.366. The summed E-state index contributed by atoms with van der Waals surface area (Å²) in [5.41, 5.74) is 0.883. The molecule has 0 amide bonds. The molecule has 0 fully saturated rings. The smallest absolute Gasteiger partial charge is 0.258 e. The van der Waals surface area contributed by atoms with E-state index in [1.807, 2.05) is 18.2 Å². The molecule has 5 nitrogen and oxygen atoms in total. The molecule has 2 rings (SSSR count). The van der Waals surface area contributed by atoms with E-state index in [1.165, 1.54) is 24.1 Å². The van der Waals surface area contributed by atoms with E-state index in [0.29, 0.717) is 0 Å². The van der Waals surface area contributed by atoms with Crippen molar-refractivity contribution in [2.75, 3.05) is 0 Å². The molecule has 0 aliphatic rings. The number of nitrogens with zero attached hydrogens (tertiary/aromatic N) is 3. The van der Waals surface area contributed by atoms with E-state index >= 15 is 0 Å². The van der Waals surface area contributed by atoms with E-state index in [9.17, 15) is 10.1 Å². The lowest BCUT2D eigenvalue weighted by molar-refractivity contribution is -0.384. The maximum absolute atomic E-state index is 10.5. The second-order valence-corrected chi connectivity index (χ2v) is 4.15. The Morgan fingerprint density at radius 1 is 1.22 bits per heavy atom. The number of hydrogen-bond donors (Lipinski definition) is 0. The van der Waals surface area contributed by atoms with Gasteiger partial charge in [-0.05, 0) is 29.8 Å². The van der Waals surface area contributed by atoms with E-state index in [2.05, 4.69) is 9.38 Å². The predicted octanol–water partition coefficient (Wildman–Crippen LogP) is 3.12. The molecule has 0 saturated carbocycles. The number of benzene rings is 1. The Labute approximate surface area is 108 Å². The highest BCUT2D eigenvalue weighted by Crippen LogP contribution is 2.16. The van der Waals surface area contributed by atoms with Gasteiger partial charge in [-0.15, -0.1) is 0 Å². The van der Waals surface area contributed by atoms with Crippen LogP contribution >= 0.6 is 11.9 Å². The van der Waals surface area contributed by atoms with Gasteiger partial charge in [0.2, 0.25) is 0 Å². The predicted molar refractivity (Wildman–Crippen MR) is 70.8 cm³/mol. The van der Waals surface area contributed by atoms with Gasteiger partial charge in [0.25, 0.3) is 5.69 Å². The summed E-state index contributed by atoms with van der Waals surface area (Å²) in [6.07, 6.45) is 3.34. The van der Waals surface area contributed by atoms with Gasteiger partial charge in [-0.3, -0.25) is 10.1 Å². The minimum Gasteiger partial charge on any atom is -0.258 e. The van der Waals surface area contributed by atoms with E-state index in [-0.39, 0.29) is 5.69 Å². The van der Waals surface area contributed by atoms with Gasteiger partial charge >= 0.3 is 0 Å². The van der Waals surface area contributed by atoms with Crippen LogP contribution in [0.15, 0.2) is 58.1 Å². The third kappa shape index (κ3) is 3.39. The molecule has 90 valence electrons. The summed E-state index contributed by atoms with van der Waals surface area (Å²) in [6.45, 7) is 0. The van der Waals surface area contributed by atoms with Gasteiger partial charge in [0.15, 0.2) is 0 Å². The fourth-order valence-electron chi connectivity index (χ4n) is 1.22. The lowest BCUT2D eigenvalue weighted by Gasteiger charge is -1.94. The van der Waals surface area contributed by atoms with Crippen LogP contribution in [0.5, 0.6) is 0 Å². The lowest BCUT2D eigenvalue weighted by atomic mass is 10.2. The summed E-state index contributed by atoms with van der Waals surface area (Å²) in [5.74, 6) is 0. The molecule has 0 spiro atoms. The first-order valence-corrected chi connectivity index (χ1v) is 5.89. The second-order valence-electron chi connectivity index (χ2n) is 3.34. The highest BCUT2D eigenvalue weighted by molar-refractivity contribution is 7.98. The molecule has 1 heterocycles. The zero-order valence-corrected chi connectivity index (χ0v) is 10.1. The monoisotopic (exact) mass is 259 g/mol. The van der Waals surface area contributed by atoms with Gasteiger partial charge in [-0.1, -0.05) is 6.07 Å². The molecule has 1 aromatic heterocycles. The van der Waals surface area contributed by atoms with Gasteiger partial charge in [-0.25, -0.2) is 9.38 Å². The minimum absolute atomic E-state index is 0.0736. The van der Waals surface area contributed by atoms with E-state index in [0.717, 1.165) is 10.6 Å². The molecule has 0 aliphatic carbocycles. The molecule has 0 saturated heterocycles. The SMILES string of the molecule is O=[N+]([O-])c1ccc(/C=N/Sc2ccccn2)cc1. The summed E-state index contributed by atoms with van der Waals surface area (Å²) >= 11 is 1.25. The van der Waals surface area contributed by atoms with Crippen molar-refractivity contribution in [1.82, 2.24) is 4.98 Å². The van der Waals surface area contributed by atoms with Gasteiger partial charge in [0.1, 0.15) is 5.03 Å². The number of pyridine rings is 1. The van der Waals surface area contributed by atoms with Crippen LogP contribution in [0.25, 0.3) is 0 Å². The van der Waals surface area contributed by atoms with Crippen molar-refractivity contribution in [2.45, 2.75) is 5.03 Å². The number of nitro benzene ring substituents is 1. The highest BCUT2D eigenvalue weighted by Gasteiger charge is 2.02. The van der Waals surface area contributed by atoms with Crippen LogP contribution < -0.4 is 0 Å². The fourth-order valence-corrected chi connectivity index (χ4v) is 1.75. The van der Waals surface area contributed by atoms with Crippen LogP contribution in [0.1, 0.15) is 5.56 Å². The molecule has 0 aliphatic heterocycles. The van der Waals surface area contributed by atoms with Crippen molar-refractivity contribution in [2.24, 2.45) is 4.40 Å². The van der Waals surface area contributed by atoms with E-state index in [4.69, 9.17) is 0 Å². The third-order valence-corrected chi connectivity index (χ3v) is 2.73. The van der Waals surface area contributed by atoms with Gasteiger partial charge < -0.3 is 0 Å². The van der Waals surface area contributed by atoms with Crippen molar-refractivity contribution in [3.05, 3.63) is 64.3 Å². The number of aromatic nitrogens is 1. The van der Waals surface area contributed by atoms with Gasteiger partial charge in [0.05, 0.1) is 4.92 Å². The first-order valence-electron chi connectivity index (χ1n) is 5.11. The maximum atomic E-state index is 10.5. The summed E-state index contributed by atoms with van der Waals surface area (Å²) in [7, 11) is 0. The van der Waals surface area contributed by atoms with Crippen LogP contribution in [0.3, 0.4) is 0 Å². The Hall–Kier alpha value is -2.21.